The largest absolute Gasteiger partial charge is 0.354 e. The second-order valence-corrected chi connectivity index (χ2v) is 5.97. The number of nitrogens with one attached hydrogen (secondary N) is 2. The van der Waals surface area contributed by atoms with Crippen LogP contribution in [0.15, 0.2) is 46.3 Å². The van der Waals surface area contributed by atoms with E-state index in [0.717, 1.165) is 5.56 Å². The molecule has 3 rings (SSSR count). The predicted molar refractivity (Wildman–Crippen MR) is 90.5 cm³/mol. The molecule has 0 saturated heterocycles. The van der Waals surface area contributed by atoms with Gasteiger partial charge in [-0.25, -0.2) is 10.5 Å². The van der Waals surface area contributed by atoms with E-state index in [1.54, 1.807) is 5.38 Å². The molecule has 2 aromatic heterocycles. The maximum absolute atomic E-state index is 12.0. The molecule has 0 unspecified atom stereocenters. The molecule has 2 heterocycles. The highest BCUT2D eigenvalue weighted by atomic mass is 32.1. The normalized spacial score (nSPS) is 10.4. The first-order valence-electron chi connectivity index (χ1n) is 7.32. The Morgan fingerprint density at radius 3 is 2.80 bits per heavy atom. The number of benzene rings is 1. The van der Waals surface area contributed by atoms with E-state index in [4.69, 9.17) is 9.73 Å². The van der Waals surface area contributed by atoms with Crippen LogP contribution in [0.3, 0.4) is 0 Å². The summed E-state index contributed by atoms with van der Waals surface area (Å²) in [6, 6.07) is 10.9. The van der Waals surface area contributed by atoms with Gasteiger partial charge in [0.15, 0.2) is 22.4 Å². The summed E-state index contributed by atoms with van der Waals surface area (Å²) in [6.45, 7) is 0.163. The Morgan fingerprint density at radius 1 is 1.24 bits per heavy atom. The van der Waals surface area contributed by atoms with Crippen LogP contribution in [0.5, 0.6) is 0 Å². The number of anilines is 1. The zero-order chi connectivity index (χ0) is 17.6. The van der Waals surface area contributed by atoms with Crippen LogP contribution in [0.2, 0.25) is 0 Å². The summed E-state index contributed by atoms with van der Waals surface area (Å²) < 4.78 is 5.02. The highest BCUT2D eigenvalue weighted by molar-refractivity contribution is 7.14. The summed E-state index contributed by atoms with van der Waals surface area (Å²) in [5.41, 5.74) is 2.86. The van der Waals surface area contributed by atoms with Crippen LogP contribution in [-0.4, -0.2) is 33.6 Å². The first kappa shape index (κ1) is 16.8. The van der Waals surface area contributed by atoms with E-state index >= 15 is 0 Å². The number of thiazole rings is 1. The van der Waals surface area contributed by atoms with Crippen LogP contribution in [0.4, 0.5) is 5.13 Å². The second kappa shape index (κ2) is 7.69. The molecule has 0 radical (unpaired) electrons. The molecular formula is C16H14N4O4S. The fraction of sp³-hybridized carbons (Fsp3) is 0.125. The highest BCUT2D eigenvalue weighted by Gasteiger charge is 2.15. The summed E-state index contributed by atoms with van der Waals surface area (Å²) in [7, 11) is 0. The Bertz CT molecular complexity index is 875. The Hall–Kier alpha value is -3.04. The van der Waals surface area contributed by atoms with E-state index in [1.165, 1.54) is 22.9 Å². The number of hydrogen-bond donors (Lipinski definition) is 3. The smallest absolute Gasteiger partial charge is 0.296 e. The van der Waals surface area contributed by atoms with Crippen molar-refractivity contribution in [2.24, 2.45) is 0 Å². The molecule has 0 saturated carbocycles. The SMILES string of the molecule is O=C(CNc1nc(-c2cc(C(=O)NO)no2)cs1)Cc1ccccc1. The predicted octanol–water partition coefficient (Wildman–Crippen LogP) is 2.14. The van der Waals surface area contributed by atoms with Crippen molar-refractivity contribution in [3.63, 3.8) is 0 Å². The van der Waals surface area contributed by atoms with Crippen molar-refractivity contribution >= 4 is 28.2 Å². The summed E-state index contributed by atoms with van der Waals surface area (Å²) in [5.74, 6) is -0.432. The van der Waals surface area contributed by atoms with E-state index < -0.39 is 5.91 Å². The number of nitrogens with zero attached hydrogens (tertiary/aromatic N) is 2. The molecule has 0 bridgehead atoms. The number of aromatic nitrogens is 2. The third-order valence-corrected chi connectivity index (χ3v) is 4.08. The van der Waals surface area contributed by atoms with Gasteiger partial charge in [0.05, 0.1) is 6.54 Å². The van der Waals surface area contributed by atoms with Crippen LogP contribution in [0.1, 0.15) is 16.1 Å². The van der Waals surface area contributed by atoms with Gasteiger partial charge in [0.2, 0.25) is 0 Å². The maximum Gasteiger partial charge on any atom is 0.296 e. The molecule has 0 spiro atoms. The molecule has 0 aliphatic rings. The maximum atomic E-state index is 12.0. The van der Waals surface area contributed by atoms with Gasteiger partial charge in [-0.2, -0.15) is 0 Å². The first-order chi connectivity index (χ1) is 12.2. The van der Waals surface area contributed by atoms with Crippen LogP contribution in [-0.2, 0) is 11.2 Å². The van der Waals surface area contributed by atoms with Crippen molar-refractivity contribution in [2.75, 3.05) is 11.9 Å². The van der Waals surface area contributed by atoms with Crippen LogP contribution in [0.25, 0.3) is 11.5 Å². The quantitative estimate of drug-likeness (QED) is 0.437. The number of hydrogen-bond acceptors (Lipinski definition) is 8. The van der Waals surface area contributed by atoms with Crippen LogP contribution in [0, 0.1) is 0 Å². The van der Waals surface area contributed by atoms with Crippen LogP contribution < -0.4 is 10.8 Å². The molecule has 8 nitrogen and oxygen atoms in total. The van der Waals surface area contributed by atoms with E-state index in [2.05, 4.69) is 15.5 Å². The van der Waals surface area contributed by atoms with Crippen molar-refractivity contribution in [3.05, 3.63) is 53.0 Å². The molecule has 128 valence electrons. The summed E-state index contributed by atoms with van der Waals surface area (Å²) in [5, 5.41) is 17.3. The van der Waals surface area contributed by atoms with E-state index in [-0.39, 0.29) is 18.0 Å². The van der Waals surface area contributed by atoms with E-state index in [9.17, 15) is 9.59 Å². The fourth-order valence-electron chi connectivity index (χ4n) is 2.09. The molecule has 0 aliphatic carbocycles. The van der Waals surface area contributed by atoms with Gasteiger partial charge >= 0.3 is 0 Å². The molecule has 0 aliphatic heterocycles. The highest BCUT2D eigenvalue weighted by Crippen LogP contribution is 2.25. The minimum atomic E-state index is -0.768. The topological polar surface area (TPSA) is 117 Å². The van der Waals surface area contributed by atoms with Crippen molar-refractivity contribution < 1.29 is 19.3 Å². The van der Waals surface area contributed by atoms with Gasteiger partial charge < -0.3 is 9.84 Å². The number of rotatable bonds is 7. The van der Waals surface area contributed by atoms with Gasteiger partial charge in [0, 0.05) is 17.9 Å². The van der Waals surface area contributed by atoms with Crippen molar-refractivity contribution in [1.82, 2.24) is 15.6 Å². The molecule has 0 atom stereocenters. The zero-order valence-corrected chi connectivity index (χ0v) is 13.7. The Morgan fingerprint density at radius 2 is 2.04 bits per heavy atom. The van der Waals surface area contributed by atoms with Gasteiger partial charge in [-0.3, -0.25) is 14.8 Å². The molecule has 0 fully saturated rings. The number of Topliss-reactive ketones (excluding diaryl/α,β-unsaturated/α-hetero) is 1. The number of ketones is 1. The lowest BCUT2D eigenvalue weighted by Gasteiger charge is -2.02. The molecule has 9 heteroatoms. The van der Waals surface area contributed by atoms with Crippen molar-refractivity contribution in [2.45, 2.75) is 6.42 Å². The summed E-state index contributed by atoms with van der Waals surface area (Å²) >= 11 is 1.30. The van der Waals surface area contributed by atoms with Gasteiger partial charge in [0.25, 0.3) is 5.91 Å². The Labute approximate surface area is 146 Å². The first-order valence-corrected chi connectivity index (χ1v) is 8.20. The van der Waals surface area contributed by atoms with E-state index in [1.807, 2.05) is 30.3 Å². The van der Waals surface area contributed by atoms with Gasteiger partial charge in [-0.1, -0.05) is 35.5 Å². The zero-order valence-electron chi connectivity index (χ0n) is 12.9. The monoisotopic (exact) mass is 358 g/mol. The molecule has 3 aromatic rings. The van der Waals surface area contributed by atoms with Crippen molar-refractivity contribution in [3.8, 4) is 11.5 Å². The average molecular weight is 358 g/mol. The fourth-order valence-corrected chi connectivity index (χ4v) is 2.79. The van der Waals surface area contributed by atoms with Gasteiger partial charge in [0.1, 0.15) is 5.69 Å². The third kappa shape index (κ3) is 4.28. The number of amides is 1. The summed E-state index contributed by atoms with van der Waals surface area (Å²) in [6.07, 6.45) is 0.355. The molecule has 1 aromatic carbocycles. The molecule has 3 N–H and O–H groups in total. The van der Waals surface area contributed by atoms with Crippen molar-refractivity contribution in [1.29, 1.82) is 0 Å². The van der Waals surface area contributed by atoms with E-state index in [0.29, 0.717) is 23.0 Å². The Kier molecular flexibility index (Phi) is 5.17. The molecular weight excluding hydrogens is 344 g/mol. The number of carbonyl (C=O) groups excluding carboxylic acids is 2. The van der Waals surface area contributed by atoms with Crippen LogP contribution >= 0.6 is 11.3 Å². The number of hydroxylamine groups is 1. The lowest BCUT2D eigenvalue weighted by molar-refractivity contribution is -0.116. The standard InChI is InChI=1S/C16H14N4O4S/c21-11(6-10-4-2-1-3-5-10)8-17-16-18-13(9-25-16)14-7-12(20-24-14)15(22)19-23/h1-5,7,9,23H,6,8H2,(H,17,18)(H,19,22). The lowest BCUT2D eigenvalue weighted by Crippen LogP contribution is -2.18. The Balaban J connectivity index is 1.57. The molecule has 25 heavy (non-hydrogen) atoms. The second-order valence-electron chi connectivity index (χ2n) is 5.11. The third-order valence-electron chi connectivity index (χ3n) is 3.28. The average Bonchev–Trinajstić information content (AvgIpc) is 3.29. The molecule has 1 amide bonds. The minimum absolute atomic E-state index is 0.0459. The van der Waals surface area contributed by atoms with Gasteiger partial charge in [-0.15, -0.1) is 11.3 Å². The summed E-state index contributed by atoms with van der Waals surface area (Å²) in [4.78, 5) is 27.5. The van der Waals surface area contributed by atoms with Gasteiger partial charge in [-0.05, 0) is 5.56 Å². The number of carbonyl (C=O) groups is 2. The lowest BCUT2D eigenvalue weighted by atomic mass is 10.1. The minimum Gasteiger partial charge on any atom is -0.354 e.